The van der Waals surface area contributed by atoms with E-state index in [1.807, 2.05) is 0 Å². The highest BCUT2D eigenvalue weighted by atomic mass is 79.9. The fraction of sp³-hybridized carbons (Fsp3) is 0.0909. The van der Waals surface area contributed by atoms with Crippen LogP contribution in [0.1, 0.15) is 5.56 Å². The van der Waals surface area contributed by atoms with E-state index >= 15 is 0 Å². The van der Waals surface area contributed by atoms with Gasteiger partial charge in [0.15, 0.2) is 5.15 Å². The Morgan fingerprint density at radius 3 is 2.82 bits per heavy atom. The molecule has 0 fully saturated rings. The van der Waals surface area contributed by atoms with Crippen LogP contribution in [0.2, 0.25) is 5.15 Å². The fourth-order valence-electron chi connectivity index (χ4n) is 1.24. The van der Waals surface area contributed by atoms with E-state index in [9.17, 15) is 4.39 Å². The predicted octanol–water partition coefficient (Wildman–Crippen LogP) is 4.13. The highest BCUT2D eigenvalue weighted by Gasteiger charge is 2.10. The molecule has 0 N–H and O–H groups in total. The maximum Gasteiger partial charge on any atom is 0.238 e. The summed E-state index contributed by atoms with van der Waals surface area (Å²) in [5.74, 6) is 0.496. The van der Waals surface area contributed by atoms with Gasteiger partial charge in [-0.3, -0.25) is 0 Å². The molecule has 1 aromatic carbocycles. The first-order valence-corrected chi connectivity index (χ1v) is 5.85. The van der Waals surface area contributed by atoms with Crippen molar-refractivity contribution in [3.05, 3.63) is 45.5 Å². The molecule has 1 heterocycles. The molecule has 0 aliphatic rings. The van der Waals surface area contributed by atoms with Gasteiger partial charge in [0, 0.05) is 0 Å². The van der Waals surface area contributed by atoms with Gasteiger partial charge in [-0.25, -0.2) is 14.4 Å². The highest BCUT2D eigenvalue weighted by Crippen LogP contribution is 2.32. The predicted molar refractivity (Wildman–Crippen MR) is 66.0 cm³/mol. The Bertz CT molecular complexity index is 565. The lowest BCUT2D eigenvalue weighted by Gasteiger charge is -2.09. The zero-order chi connectivity index (χ0) is 12.4. The third kappa shape index (κ3) is 2.73. The van der Waals surface area contributed by atoms with Gasteiger partial charge in [-0.15, -0.1) is 0 Å². The SMILES string of the molecule is Cc1cc(F)ccc1Oc1ncnc(Cl)c1Br. The van der Waals surface area contributed by atoms with E-state index in [1.54, 1.807) is 6.92 Å². The number of ether oxygens (including phenoxy) is 1. The van der Waals surface area contributed by atoms with Crippen molar-refractivity contribution in [3.63, 3.8) is 0 Å². The van der Waals surface area contributed by atoms with Gasteiger partial charge in [0.25, 0.3) is 0 Å². The number of aromatic nitrogens is 2. The van der Waals surface area contributed by atoms with Crippen molar-refractivity contribution in [2.45, 2.75) is 6.92 Å². The van der Waals surface area contributed by atoms with E-state index < -0.39 is 0 Å². The van der Waals surface area contributed by atoms with Crippen LogP contribution in [-0.4, -0.2) is 9.97 Å². The number of aryl methyl sites for hydroxylation is 1. The average molecular weight is 318 g/mol. The number of hydrogen-bond donors (Lipinski definition) is 0. The molecule has 1 aromatic heterocycles. The first kappa shape index (κ1) is 12.3. The molecule has 2 aromatic rings. The molecule has 0 spiro atoms. The molecule has 0 amide bonds. The van der Waals surface area contributed by atoms with Gasteiger partial charge < -0.3 is 4.74 Å². The minimum absolute atomic E-state index is 0.259. The molecule has 17 heavy (non-hydrogen) atoms. The maximum absolute atomic E-state index is 12.9. The third-order valence-corrected chi connectivity index (χ3v) is 3.29. The summed E-state index contributed by atoms with van der Waals surface area (Å²) in [4.78, 5) is 7.72. The van der Waals surface area contributed by atoms with Crippen LogP contribution in [0.25, 0.3) is 0 Å². The minimum Gasteiger partial charge on any atom is -0.437 e. The van der Waals surface area contributed by atoms with Gasteiger partial charge in [-0.05, 0) is 46.6 Å². The van der Waals surface area contributed by atoms with Crippen LogP contribution >= 0.6 is 27.5 Å². The minimum atomic E-state index is -0.311. The molecule has 0 radical (unpaired) electrons. The van der Waals surface area contributed by atoms with E-state index in [4.69, 9.17) is 16.3 Å². The number of halogens is 3. The van der Waals surface area contributed by atoms with Crippen LogP contribution in [0.5, 0.6) is 11.6 Å². The molecule has 0 atom stereocenters. The number of rotatable bonds is 2. The Morgan fingerprint density at radius 2 is 2.12 bits per heavy atom. The molecule has 0 aliphatic heterocycles. The number of nitrogens with zero attached hydrogens (tertiary/aromatic N) is 2. The van der Waals surface area contributed by atoms with Crippen molar-refractivity contribution in [1.29, 1.82) is 0 Å². The normalized spacial score (nSPS) is 10.4. The molecule has 0 aliphatic carbocycles. The summed E-state index contributed by atoms with van der Waals surface area (Å²) in [6.45, 7) is 1.75. The van der Waals surface area contributed by atoms with Gasteiger partial charge in [0.05, 0.1) is 0 Å². The molecule has 0 bridgehead atoms. The van der Waals surface area contributed by atoms with E-state index in [0.29, 0.717) is 21.7 Å². The van der Waals surface area contributed by atoms with Gasteiger partial charge in [0.1, 0.15) is 22.4 Å². The topological polar surface area (TPSA) is 35.0 Å². The van der Waals surface area contributed by atoms with Gasteiger partial charge in [-0.1, -0.05) is 11.6 Å². The summed E-state index contributed by atoms with van der Waals surface area (Å²) in [6.07, 6.45) is 1.29. The molecule has 2 rings (SSSR count). The molecular formula is C11H7BrClFN2O. The standard InChI is InChI=1S/C11H7BrClFN2O/c1-6-4-7(14)2-3-8(6)17-11-9(12)10(13)15-5-16-11/h2-5H,1H3. The first-order valence-electron chi connectivity index (χ1n) is 4.68. The van der Waals surface area contributed by atoms with Crippen LogP contribution in [0.3, 0.4) is 0 Å². The van der Waals surface area contributed by atoms with Crippen molar-refractivity contribution in [3.8, 4) is 11.6 Å². The molecule has 88 valence electrons. The quantitative estimate of drug-likeness (QED) is 0.781. The summed E-state index contributed by atoms with van der Waals surface area (Å²) in [5.41, 5.74) is 0.673. The van der Waals surface area contributed by atoms with Gasteiger partial charge in [0.2, 0.25) is 5.88 Å². The van der Waals surface area contributed by atoms with Crippen molar-refractivity contribution in [2.75, 3.05) is 0 Å². The summed E-state index contributed by atoms with van der Waals surface area (Å²) < 4.78 is 18.9. The van der Waals surface area contributed by atoms with Crippen LogP contribution < -0.4 is 4.74 Å². The maximum atomic E-state index is 12.9. The highest BCUT2D eigenvalue weighted by molar-refractivity contribution is 9.10. The van der Waals surface area contributed by atoms with E-state index in [2.05, 4.69) is 25.9 Å². The van der Waals surface area contributed by atoms with Crippen LogP contribution in [-0.2, 0) is 0 Å². The van der Waals surface area contributed by atoms with E-state index in [-0.39, 0.29) is 11.0 Å². The monoisotopic (exact) mass is 316 g/mol. The summed E-state index contributed by atoms with van der Waals surface area (Å²) in [5, 5.41) is 0.259. The Balaban J connectivity index is 2.35. The van der Waals surface area contributed by atoms with Gasteiger partial charge in [-0.2, -0.15) is 0 Å². The average Bonchev–Trinajstić information content (AvgIpc) is 2.28. The Hall–Kier alpha value is -1.20. The van der Waals surface area contributed by atoms with E-state index in [1.165, 1.54) is 24.5 Å². The van der Waals surface area contributed by atoms with Crippen molar-refractivity contribution in [1.82, 2.24) is 9.97 Å². The Kier molecular flexibility index (Phi) is 3.59. The second-order valence-corrected chi connectivity index (χ2v) is 4.45. The van der Waals surface area contributed by atoms with Crippen LogP contribution in [0.4, 0.5) is 4.39 Å². The fourth-order valence-corrected chi connectivity index (χ4v) is 1.65. The zero-order valence-corrected chi connectivity index (χ0v) is 11.1. The molecular weight excluding hydrogens is 310 g/mol. The molecule has 0 unspecified atom stereocenters. The summed E-state index contributed by atoms with van der Waals surface area (Å²) >= 11 is 9.03. The summed E-state index contributed by atoms with van der Waals surface area (Å²) in [7, 11) is 0. The van der Waals surface area contributed by atoms with Crippen molar-refractivity contribution >= 4 is 27.5 Å². The number of benzene rings is 1. The van der Waals surface area contributed by atoms with Crippen LogP contribution in [0.15, 0.2) is 29.0 Å². The summed E-state index contributed by atoms with van der Waals surface area (Å²) in [6, 6.07) is 4.23. The molecule has 0 saturated heterocycles. The van der Waals surface area contributed by atoms with Crippen LogP contribution in [0, 0.1) is 12.7 Å². The zero-order valence-electron chi connectivity index (χ0n) is 8.75. The van der Waals surface area contributed by atoms with Crippen molar-refractivity contribution < 1.29 is 9.13 Å². The second kappa shape index (κ2) is 4.98. The van der Waals surface area contributed by atoms with Gasteiger partial charge >= 0.3 is 0 Å². The molecule has 0 saturated carbocycles. The van der Waals surface area contributed by atoms with E-state index in [0.717, 1.165) is 0 Å². The lowest BCUT2D eigenvalue weighted by Crippen LogP contribution is -1.93. The first-order chi connectivity index (χ1) is 8.08. The largest absolute Gasteiger partial charge is 0.437 e. The smallest absolute Gasteiger partial charge is 0.238 e. The molecule has 6 heteroatoms. The lowest BCUT2D eigenvalue weighted by atomic mass is 10.2. The Labute approximate surface area is 111 Å². The molecule has 3 nitrogen and oxygen atoms in total. The number of hydrogen-bond acceptors (Lipinski definition) is 3. The Morgan fingerprint density at radius 1 is 1.35 bits per heavy atom. The second-order valence-electron chi connectivity index (χ2n) is 3.30. The van der Waals surface area contributed by atoms with Crippen molar-refractivity contribution in [2.24, 2.45) is 0 Å². The third-order valence-electron chi connectivity index (χ3n) is 2.06. The lowest BCUT2D eigenvalue weighted by molar-refractivity contribution is 0.453.